The van der Waals surface area contributed by atoms with E-state index in [1.165, 1.54) is 65.3 Å². The number of benzene rings is 8. The molecule has 1 nitrogen and oxygen atoms in total. The SMILES string of the molecule is CC1(C)c2ccccc2-c2ccc(N(c3ccc4c(c3)[Si](c3ccccc3)(c3ccccc3)c3ccccc3-4)c3ccccc3-c3ccccc3)cc21. The van der Waals surface area contributed by atoms with Crippen LogP contribution in [-0.2, 0) is 5.41 Å². The molecule has 0 saturated heterocycles. The highest BCUT2D eigenvalue weighted by Gasteiger charge is 2.49. The predicted octanol–water partition coefficient (Wildman–Crippen LogP) is 10.5. The third kappa shape index (κ3) is 4.69. The van der Waals surface area contributed by atoms with Gasteiger partial charge in [-0.25, -0.2) is 0 Å². The Labute approximate surface area is 313 Å². The van der Waals surface area contributed by atoms with Crippen LogP contribution in [-0.4, -0.2) is 8.07 Å². The molecule has 10 rings (SSSR count). The van der Waals surface area contributed by atoms with Crippen molar-refractivity contribution in [1.29, 1.82) is 0 Å². The maximum absolute atomic E-state index is 2.69. The molecule has 0 spiro atoms. The zero-order valence-corrected chi connectivity index (χ0v) is 31.0. The van der Waals surface area contributed by atoms with Crippen LogP contribution in [0.25, 0.3) is 33.4 Å². The third-order valence-corrected chi connectivity index (χ3v) is 16.6. The maximum atomic E-state index is 2.54. The first-order valence-corrected chi connectivity index (χ1v) is 20.6. The highest BCUT2D eigenvalue weighted by atomic mass is 28.3. The Balaban J connectivity index is 1.26. The first-order chi connectivity index (χ1) is 26.1. The van der Waals surface area contributed by atoms with Crippen molar-refractivity contribution in [3.8, 4) is 33.4 Å². The van der Waals surface area contributed by atoms with Gasteiger partial charge in [-0.3, -0.25) is 0 Å². The van der Waals surface area contributed by atoms with E-state index in [9.17, 15) is 0 Å². The Hall–Kier alpha value is -6.22. The summed E-state index contributed by atoms with van der Waals surface area (Å²) < 4.78 is 0. The zero-order valence-electron chi connectivity index (χ0n) is 30.0. The van der Waals surface area contributed by atoms with Gasteiger partial charge in [0, 0.05) is 22.4 Å². The van der Waals surface area contributed by atoms with Crippen LogP contribution in [0, 0.1) is 0 Å². The van der Waals surface area contributed by atoms with Crippen LogP contribution in [0.3, 0.4) is 0 Å². The average molecular weight is 694 g/mol. The van der Waals surface area contributed by atoms with Crippen molar-refractivity contribution in [2.45, 2.75) is 19.3 Å². The molecule has 8 aromatic rings. The summed E-state index contributed by atoms with van der Waals surface area (Å²) in [5.41, 5.74) is 13.9. The van der Waals surface area contributed by atoms with Gasteiger partial charge in [-0.2, -0.15) is 0 Å². The molecule has 0 N–H and O–H groups in total. The highest BCUT2D eigenvalue weighted by molar-refractivity contribution is 7.22. The highest BCUT2D eigenvalue weighted by Crippen LogP contribution is 2.51. The van der Waals surface area contributed by atoms with Crippen molar-refractivity contribution < 1.29 is 0 Å². The van der Waals surface area contributed by atoms with Gasteiger partial charge in [0.15, 0.2) is 8.07 Å². The standard InChI is InChI=1S/C51H39NSi/c1-51(2)46-27-15-12-25-42(46)43-32-30-37(34-47(43)51)52(48-28-16-13-24-41(48)36-18-6-3-7-19-36)38-31-33-45-44-26-14-17-29-49(44)53(50(45)35-38,39-20-8-4-9-21-39)40-22-10-5-11-23-40/h3-35H,1-2H3. The van der Waals surface area contributed by atoms with Gasteiger partial charge in [0.05, 0.1) is 5.69 Å². The van der Waals surface area contributed by atoms with E-state index >= 15 is 0 Å². The topological polar surface area (TPSA) is 3.24 Å². The molecule has 0 radical (unpaired) electrons. The van der Waals surface area contributed by atoms with Gasteiger partial charge in [0.25, 0.3) is 0 Å². The van der Waals surface area contributed by atoms with Crippen molar-refractivity contribution in [2.75, 3.05) is 4.90 Å². The Bertz CT molecular complexity index is 2600. The number of hydrogen-bond acceptors (Lipinski definition) is 1. The molecule has 1 aliphatic carbocycles. The molecule has 0 bridgehead atoms. The Morgan fingerprint density at radius 2 is 0.868 bits per heavy atom. The van der Waals surface area contributed by atoms with Gasteiger partial charge >= 0.3 is 0 Å². The molecule has 0 fully saturated rings. The molecule has 8 aromatic carbocycles. The van der Waals surface area contributed by atoms with Gasteiger partial charge in [-0.15, -0.1) is 0 Å². The average Bonchev–Trinajstić information content (AvgIpc) is 3.64. The van der Waals surface area contributed by atoms with Crippen molar-refractivity contribution in [2.24, 2.45) is 0 Å². The number of hydrogen-bond donors (Lipinski definition) is 0. The molecule has 2 heteroatoms. The van der Waals surface area contributed by atoms with E-state index in [2.05, 4.69) is 219 Å². The van der Waals surface area contributed by atoms with Crippen LogP contribution in [0.4, 0.5) is 17.1 Å². The van der Waals surface area contributed by atoms with Gasteiger partial charge in [-0.1, -0.05) is 184 Å². The molecule has 0 atom stereocenters. The second-order valence-electron chi connectivity index (χ2n) is 14.9. The summed E-state index contributed by atoms with van der Waals surface area (Å²) in [7, 11) is -2.69. The number of rotatable bonds is 6. The normalized spacial score (nSPS) is 14.2. The van der Waals surface area contributed by atoms with Crippen LogP contribution >= 0.6 is 0 Å². The second-order valence-corrected chi connectivity index (χ2v) is 18.6. The van der Waals surface area contributed by atoms with Crippen molar-refractivity contribution >= 4 is 45.9 Å². The lowest BCUT2D eigenvalue weighted by atomic mass is 9.82. The molecule has 0 amide bonds. The summed E-state index contributed by atoms with van der Waals surface area (Å²) in [6.45, 7) is 4.74. The van der Waals surface area contributed by atoms with E-state index in [0.717, 1.165) is 17.1 Å². The molecule has 0 aromatic heterocycles. The van der Waals surface area contributed by atoms with Crippen LogP contribution in [0.15, 0.2) is 200 Å². The van der Waals surface area contributed by atoms with Crippen LogP contribution in [0.5, 0.6) is 0 Å². The van der Waals surface area contributed by atoms with Crippen LogP contribution in [0.1, 0.15) is 25.0 Å². The van der Waals surface area contributed by atoms with Crippen LogP contribution in [0.2, 0.25) is 0 Å². The summed E-state index contributed by atoms with van der Waals surface area (Å²) in [5.74, 6) is 0. The van der Waals surface area contributed by atoms with Crippen LogP contribution < -0.4 is 25.6 Å². The van der Waals surface area contributed by atoms with E-state index in [1.54, 1.807) is 0 Å². The summed E-state index contributed by atoms with van der Waals surface area (Å²) in [4.78, 5) is 2.51. The van der Waals surface area contributed by atoms with Gasteiger partial charge in [-0.05, 0) is 90.0 Å². The minimum absolute atomic E-state index is 0.116. The molecule has 252 valence electrons. The summed E-state index contributed by atoms with van der Waals surface area (Å²) >= 11 is 0. The monoisotopic (exact) mass is 693 g/mol. The zero-order chi connectivity index (χ0) is 35.6. The lowest BCUT2D eigenvalue weighted by molar-refractivity contribution is 0.660. The lowest BCUT2D eigenvalue weighted by Crippen LogP contribution is -2.72. The van der Waals surface area contributed by atoms with Crippen molar-refractivity contribution in [3.05, 3.63) is 211 Å². The third-order valence-electron chi connectivity index (χ3n) is 11.8. The molecular weight excluding hydrogens is 655 g/mol. The fourth-order valence-corrected chi connectivity index (χ4v) is 14.6. The van der Waals surface area contributed by atoms with E-state index in [4.69, 9.17) is 0 Å². The number of nitrogens with zero attached hydrogens (tertiary/aromatic N) is 1. The largest absolute Gasteiger partial charge is 0.310 e. The van der Waals surface area contributed by atoms with Gasteiger partial charge < -0.3 is 4.90 Å². The van der Waals surface area contributed by atoms with E-state index in [0.29, 0.717) is 0 Å². The molecule has 1 heterocycles. The summed E-state index contributed by atoms with van der Waals surface area (Å²) in [5, 5.41) is 5.70. The predicted molar refractivity (Wildman–Crippen MR) is 227 cm³/mol. The minimum Gasteiger partial charge on any atom is -0.310 e. The maximum Gasteiger partial charge on any atom is 0.180 e. The number of para-hydroxylation sites is 1. The first kappa shape index (κ1) is 31.5. The van der Waals surface area contributed by atoms with E-state index < -0.39 is 8.07 Å². The fraction of sp³-hybridized carbons (Fsp3) is 0.0588. The Morgan fingerprint density at radius 3 is 1.57 bits per heavy atom. The van der Waals surface area contributed by atoms with Crippen molar-refractivity contribution in [3.63, 3.8) is 0 Å². The summed E-state index contributed by atoms with van der Waals surface area (Å²) in [6.07, 6.45) is 0. The molecule has 0 unspecified atom stereocenters. The number of anilines is 3. The lowest BCUT2D eigenvalue weighted by Gasteiger charge is -2.33. The smallest absolute Gasteiger partial charge is 0.180 e. The fourth-order valence-electron chi connectivity index (χ4n) is 9.36. The van der Waals surface area contributed by atoms with Crippen molar-refractivity contribution in [1.82, 2.24) is 0 Å². The summed E-state index contributed by atoms with van der Waals surface area (Å²) in [6, 6.07) is 74.8. The quantitative estimate of drug-likeness (QED) is 0.157. The van der Waals surface area contributed by atoms with E-state index in [1.807, 2.05) is 0 Å². The first-order valence-electron chi connectivity index (χ1n) is 18.6. The Morgan fingerprint density at radius 1 is 0.377 bits per heavy atom. The molecule has 2 aliphatic rings. The second kappa shape index (κ2) is 12.2. The molecule has 1 aliphatic heterocycles. The minimum atomic E-state index is -2.69. The van der Waals surface area contributed by atoms with E-state index in [-0.39, 0.29) is 5.41 Å². The Kier molecular flexibility index (Phi) is 7.25. The molecule has 0 saturated carbocycles. The van der Waals surface area contributed by atoms with Gasteiger partial charge in [0.2, 0.25) is 0 Å². The molecular formula is C51H39NSi. The molecule has 53 heavy (non-hydrogen) atoms. The van der Waals surface area contributed by atoms with Gasteiger partial charge in [0.1, 0.15) is 0 Å². The number of fused-ring (bicyclic) bond motifs is 6.